The van der Waals surface area contributed by atoms with Crippen LogP contribution in [0.5, 0.6) is 0 Å². The van der Waals surface area contributed by atoms with Crippen molar-refractivity contribution in [2.45, 2.75) is 38.8 Å². The molecule has 0 spiro atoms. The van der Waals surface area contributed by atoms with Crippen molar-refractivity contribution in [2.24, 2.45) is 5.92 Å². The second-order valence-corrected chi connectivity index (χ2v) is 2.76. The van der Waals surface area contributed by atoms with Crippen LogP contribution in [0.1, 0.15) is 26.2 Å². The summed E-state index contributed by atoms with van der Waals surface area (Å²) in [6.07, 6.45) is -7.47. The number of alkyl halides is 5. The first-order valence-electron chi connectivity index (χ1n) is 3.69. The molecule has 0 N–H and O–H groups in total. The number of hydrogen-bond donors (Lipinski definition) is 0. The third kappa shape index (κ3) is 5.32. The molecule has 0 rings (SSSR count). The van der Waals surface area contributed by atoms with E-state index in [1.165, 1.54) is 0 Å². The predicted octanol–water partition coefficient (Wildman–Crippen LogP) is 3.62. The van der Waals surface area contributed by atoms with Gasteiger partial charge < -0.3 is 0 Å². The quantitative estimate of drug-likeness (QED) is 0.594. The maximum absolute atomic E-state index is 11.8. The van der Waals surface area contributed by atoms with Crippen molar-refractivity contribution in [3.8, 4) is 0 Å². The molecule has 1 unspecified atom stereocenters. The van der Waals surface area contributed by atoms with Gasteiger partial charge in [-0.2, -0.15) is 13.2 Å². The van der Waals surface area contributed by atoms with Crippen molar-refractivity contribution in [1.29, 1.82) is 0 Å². The molecule has 0 radical (unpaired) electrons. The molecule has 0 saturated carbocycles. The molecule has 0 aliphatic rings. The minimum Gasteiger partial charge on any atom is -0.211 e. The van der Waals surface area contributed by atoms with Gasteiger partial charge in [-0.3, -0.25) is 0 Å². The maximum atomic E-state index is 11.8. The van der Waals surface area contributed by atoms with Crippen LogP contribution in [0.25, 0.3) is 0 Å². The third-order valence-electron chi connectivity index (χ3n) is 1.62. The first kappa shape index (κ1) is 11.6. The van der Waals surface area contributed by atoms with Crippen LogP contribution in [0.4, 0.5) is 22.0 Å². The summed E-state index contributed by atoms with van der Waals surface area (Å²) in [7, 11) is 0. The Morgan fingerprint density at radius 1 is 1.08 bits per heavy atom. The molecule has 0 aliphatic heterocycles. The predicted molar refractivity (Wildman–Crippen MR) is 35.1 cm³/mol. The number of halogens is 5. The van der Waals surface area contributed by atoms with Crippen LogP contribution in [-0.4, -0.2) is 12.6 Å². The molecule has 0 nitrogen and oxygen atoms in total. The lowest BCUT2D eigenvalue weighted by Crippen LogP contribution is -2.19. The summed E-state index contributed by atoms with van der Waals surface area (Å²) in [5, 5.41) is 0. The van der Waals surface area contributed by atoms with Gasteiger partial charge in [0.15, 0.2) is 0 Å². The van der Waals surface area contributed by atoms with Crippen LogP contribution in [0.2, 0.25) is 0 Å². The molecule has 0 aromatic heterocycles. The fourth-order valence-corrected chi connectivity index (χ4v) is 0.742. The van der Waals surface area contributed by atoms with Gasteiger partial charge in [0.1, 0.15) is 0 Å². The van der Waals surface area contributed by atoms with Crippen molar-refractivity contribution in [3.63, 3.8) is 0 Å². The molecule has 0 bridgehead atoms. The van der Waals surface area contributed by atoms with E-state index in [0.717, 1.165) is 6.92 Å². The van der Waals surface area contributed by atoms with Crippen LogP contribution in [-0.2, 0) is 0 Å². The molecule has 0 heterocycles. The molecular weight excluding hydrogens is 179 g/mol. The normalized spacial score (nSPS) is 15.2. The standard InChI is InChI=1S/C7H11F5/c1-5(7(10,11)12)3-2-4-6(8)9/h5-6H,2-4H2,1H3. The highest BCUT2D eigenvalue weighted by atomic mass is 19.4. The maximum Gasteiger partial charge on any atom is 0.391 e. The molecule has 0 aromatic carbocycles. The first-order chi connectivity index (χ1) is 5.34. The van der Waals surface area contributed by atoms with E-state index in [1.807, 2.05) is 0 Å². The Morgan fingerprint density at radius 2 is 1.58 bits per heavy atom. The van der Waals surface area contributed by atoms with Gasteiger partial charge in [0.2, 0.25) is 6.43 Å². The Kier molecular flexibility index (Phi) is 4.49. The van der Waals surface area contributed by atoms with Gasteiger partial charge in [-0.1, -0.05) is 6.92 Å². The molecule has 0 aliphatic carbocycles. The number of hydrogen-bond acceptors (Lipinski definition) is 0. The van der Waals surface area contributed by atoms with Crippen LogP contribution in [0, 0.1) is 5.92 Å². The van der Waals surface area contributed by atoms with Gasteiger partial charge in [0, 0.05) is 6.42 Å². The highest BCUT2D eigenvalue weighted by Crippen LogP contribution is 2.29. The van der Waals surface area contributed by atoms with Crippen LogP contribution >= 0.6 is 0 Å². The average Bonchev–Trinajstić information content (AvgIpc) is 1.84. The summed E-state index contributed by atoms with van der Waals surface area (Å²) in [4.78, 5) is 0. The average molecular weight is 190 g/mol. The van der Waals surface area contributed by atoms with Crippen molar-refractivity contribution in [1.82, 2.24) is 0 Å². The van der Waals surface area contributed by atoms with E-state index in [-0.39, 0.29) is 12.8 Å². The first-order valence-corrected chi connectivity index (χ1v) is 3.69. The molecule has 0 fully saturated rings. The third-order valence-corrected chi connectivity index (χ3v) is 1.62. The largest absolute Gasteiger partial charge is 0.391 e. The van der Waals surface area contributed by atoms with Gasteiger partial charge >= 0.3 is 6.18 Å². The topological polar surface area (TPSA) is 0 Å². The van der Waals surface area contributed by atoms with Gasteiger partial charge in [-0.05, 0) is 12.8 Å². The van der Waals surface area contributed by atoms with Gasteiger partial charge in [0.05, 0.1) is 5.92 Å². The molecule has 1 atom stereocenters. The molecule has 5 heteroatoms. The summed E-state index contributed by atoms with van der Waals surface area (Å²) in [6, 6.07) is 0. The Balaban J connectivity index is 3.51. The fourth-order valence-electron chi connectivity index (χ4n) is 0.742. The lowest BCUT2D eigenvalue weighted by molar-refractivity contribution is -0.171. The van der Waals surface area contributed by atoms with E-state index in [0.29, 0.717) is 0 Å². The van der Waals surface area contributed by atoms with Crippen LogP contribution in [0.15, 0.2) is 0 Å². The lowest BCUT2D eigenvalue weighted by atomic mass is 10.0. The smallest absolute Gasteiger partial charge is 0.211 e. The zero-order valence-electron chi connectivity index (χ0n) is 6.67. The highest BCUT2D eigenvalue weighted by molar-refractivity contribution is 4.62. The second kappa shape index (κ2) is 4.62. The summed E-state index contributed by atoms with van der Waals surface area (Å²) in [6.45, 7) is 1.01. The van der Waals surface area contributed by atoms with E-state index in [1.54, 1.807) is 0 Å². The summed E-state index contributed by atoms with van der Waals surface area (Å²) in [5.74, 6) is -1.48. The van der Waals surface area contributed by atoms with Gasteiger partial charge in [-0.15, -0.1) is 0 Å². The van der Waals surface area contributed by atoms with E-state index < -0.39 is 24.9 Å². The minimum absolute atomic E-state index is 0.0711. The van der Waals surface area contributed by atoms with Gasteiger partial charge in [-0.25, -0.2) is 8.78 Å². The van der Waals surface area contributed by atoms with E-state index in [2.05, 4.69) is 0 Å². The zero-order chi connectivity index (χ0) is 9.78. The van der Waals surface area contributed by atoms with E-state index in [4.69, 9.17) is 0 Å². The summed E-state index contributed by atoms with van der Waals surface area (Å²) in [5.41, 5.74) is 0. The van der Waals surface area contributed by atoms with Crippen molar-refractivity contribution < 1.29 is 22.0 Å². The van der Waals surface area contributed by atoms with Crippen molar-refractivity contribution in [2.75, 3.05) is 0 Å². The summed E-state index contributed by atoms with van der Waals surface area (Å²) < 4.78 is 58.4. The molecular formula is C7H11F5. The Bertz CT molecular complexity index is 117. The minimum atomic E-state index is -4.25. The van der Waals surface area contributed by atoms with Crippen LogP contribution < -0.4 is 0 Å². The Morgan fingerprint density at radius 3 is 1.92 bits per heavy atom. The molecule has 0 aromatic rings. The van der Waals surface area contributed by atoms with Crippen LogP contribution in [0.3, 0.4) is 0 Å². The lowest BCUT2D eigenvalue weighted by Gasteiger charge is -2.14. The van der Waals surface area contributed by atoms with Crippen molar-refractivity contribution >= 4 is 0 Å². The number of rotatable bonds is 4. The Hall–Kier alpha value is -0.350. The SMILES string of the molecule is CC(CCCC(F)F)C(F)(F)F. The Labute approximate surface area is 67.8 Å². The van der Waals surface area contributed by atoms with Gasteiger partial charge in [0.25, 0.3) is 0 Å². The molecule has 0 saturated heterocycles. The zero-order valence-corrected chi connectivity index (χ0v) is 6.67. The van der Waals surface area contributed by atoms with E-state index >= 15 is 0 Å². The molecule has 74 valence electrons. The molecule has 0 amide bonds. The fraction of sp³-hybridized carbons (Fsp3) is 1.00. The van der Waals surface area contributed by atoms with E-state index in [9.17, 15) is 22.0 Å². The molecule has 12 heavy (non-hydrogen) atoms. The second-order valence-electron chi connectivity index (χ2n) is 2.76. The summed E-state index contributed by atoms with van der Waals surface area (Å²) >= 11 is 0. The highest BCUT2D eigenvalue weighted by Gasteiger charge is 2.35. The van der Waals surface area contributed by atoms with Crippen molar-refractivity contribution in [3.05, 3.63) is 0 Å². The monoisotopic (exact) mass is 190 g/mol.